The fourth-order valence-electron chi connectivity index (χ4n) is 1.78. The van der Waals surface area contributed by atoms with Gasteiger partial charge in [-0.1, -0.05) is 6.92 Å². The van der Waals surface area contributed by atoms with Crippen LogP contribution in [0.1, 0.15) is 13.3 Å². The van der Waals surface area contributed by atoms with Gasteiger partial charge in [-0.3, -0.25) is 4.79 Å². The third-order valence-corrected chi connectivity index (χ3v) is 2.54. The normalized spacial score (nSPS) is 28.6. The van der Waals surface area contributed by atoms with Gasteiger partial charge in [-0.15, -0.1) is 0 Å². The van der Waals surface area contributed by atoms with Crippen LogP contribution in [-0.2, 0) is 4.79 Å². The first-order chi connectivity index (χ1) is 6.15. The molecule has 1 aliphatic rings. The first kappa shape index (κ1) is 10.0. The Hall–Kier alpha value is -1.08. The summed E-state index contributed by atoms with van der Waals surface area (Å²) in [5.41, 5.74) is 0. The van der Waals surface area contributed by atoms with Crippen molar-refractivity contribution in [2.75, 3.05) is 19.6 Å². The van der Waals surface area contributed by atoms with E-state index in [1.807, 2.05) is 11.8 Å². The van der Waals surface area contributed by atoms with Crippen LogP contribution in [0.5, 0.6) is 0 Å². The number of hydrogen-bond acceptors (Lipinski definition) is 3. The maximum absolute atomic E-state index is 10.7. The second kappa shape index (κ2) is 4.24. The van der Waals surface area contributed by atoms with E-state index in [2.05, 4.69) is 6.07 Å². The molecule has 0 aliphatic carbocycles. The maximum atomic E-state index is 10.7. The minimum Gasteiger partial charge on any atom is -0.481 e. The zero-order valence-electron chi connectivity index (χ0n) is 7.73. The largest absolute Gasteiger partial charge is 0.481 e. The molecular formula is C9H14N2O2. The van der Waals surface area contributed by atoms with E-state index in [1.165, 1.54) is 0 Å². The molecule has 4 heteroatoms. The van der Waals surface area contributed by atoms with Gasteiger partial charge in [-0.25, -0.2) is 0 Å². The van der Waals surface area contributed by atoms with Gasteiger partial charge in [0.25, 0.3) is 0 Å². The summed E-state index contributed by atoms with van der Waals surface area (Å²) in [5, 5.41) is 17.2. The summed E-state index contributed by atoms with van der Waals surface area (Å²) in [7, 11) is 0. The minimum absolute atomic E-state index is 0.205. The SMILES string of the molecule is CC1CN(CCC#N)CC1C(=O)O. The van der Waals surface area contributed by atoms with Gasteiger partial charge in [0.2, 0.25) is 0 Å². The molecule has 0 aromatic rings. The summed E-state index contributed by atoms with van der Waals surface area (Å²) in [6.07, 6.45) is 0.485. The number of rotatable bonds is 3. The highest BCUT2D eigenvalue weighted by Gasteiger charge is 2.34. The van der Waals surface area contributed by atoms with Crippen molar-refractivity contribution in [3.05, 3.63) is 0 Å². The second-order valence-corrected chi connectivity index (χ2v) is 3.59. The van der Waals surface area contributed by atoms with E-state index in [0.29, 0.717) is 19.5 Å². The van der Waals surface area contributed by atoms with Crippen molar-refractivity contribution in [3.63, 3.8) is 0 Å². The van der Waals surface area contributed by atoms with Gasteiger partial charge in [-0.2, -0.15) is 5.26 Å². The molecule has 13 heavy (non-hydrogen) atoms. The third-order valence-electron chi connectivity index (χ3n) is 2.54. The summed E-state index contributed by atoms with van der Waals surface area (Å²) < 4.78 is 0. The molecule has 1 N–H and O–H groups in total. The van der Waals surface area contributed by atoms with Crippen LogP contribution in [0.2, 0.25) is 0 Å². The Balaban J connectivity index is 2.41. The van der Waals surface area contributed by atoms with E-state index in [0.717, 1.165) is 6.54 Å². The average Bonchev–Trinajstić information content (AvgIpc) is 2.43. The number of nitriles is 1. The smallest absolute Gasteiger partial charge is 0.308 e. The standard InChI is InChI=1S/C9H14N2O2/c1-7-5-11(4-2-3-10)6-8(7)9(12)13/h7-8H,2,4-6H2,1H3,(H,12,13). The summed E-state index contributed by atoms with van der Waals surface area (Å²) in [4.78, 5) is 12.8. The lowest BCUT2D eigenvalue weighted by Crippen LogP contribution is -2.24. The van der Waals surface area contributed by atoms with Crippen LogP contribution in [0.4, 0.5) is 0 Å². The van der Waals surface area contributed by atoms with Crippen LogP contribution >= 0.6 is 0 Å². The minimum atomic E-state index is -0.716. The molecule has 0 amide bonds. The summed E-state index contributed by atoms with van der Waals surface area (Å²) in [5.74, 6) is -0.762. The molecule has 1 saturated heterocycles. The van der Waals surface area contributed by atoms with Crippen molar-refractivity contribution >= 4 is 5.97 Å². The topological polar surface area (TPSA) is 64.3 Å². The van der Waals surface area contributed by atoms with Crippen molar-refractivity contribution in [2.24, 2.45) is 11.8 Å². The van der Waals surface area contributed by atoms with E-state index in [9.17, 15) is 4.79 Å². The van der Waals surface area contributed by atoms with Gasteiger partial charge < -0.3 is 10.0 Å². The number of likely N-dealkylation sites (tertiary alicyclic amines) is 1. The van der Waals surface area contributed by atoms with Crippen molar-refractivity contribution < 1.29 is 9.90 Å². The first-order valence-corrected chi connectivity index (χ1v) is 4.47. The molecule has 0 saturated carbocycles. The van der Waals surface area contributed by atoms with Crippen molar-refractivity contribution in [1.29, 1.82) is 5.26 Å². The number of carboxylic acid groups (broad SMARTS) is 1. The highest BCUT2D eigenvalue weighted by atomic mass is 16.4. The molecule has 0 spiro atoms. The predicted octanol–water partition coefficient (Wildman–Crippen LogP) is 0.553. The highest BCUT2D eigenvalue weighted by Crippen LogP contribution is 2.22. The van der Waals surface area contributed by atoms with E-state index in [4.69, 9.17) is 10.4 Å². The summed E-state index contributed by atoms with van der Waals surface area (Å²) in [6.45, 7) is 4.05. The van der Waals surface area contributed by atoms with E-state index >= 15 is 0 Å². The Morgan fingerprint density at radius 1 is 1.69 bits per heavy atom. The van der Waals surface area contributed by atoms with Crippen molar-refractivity contribution in [3.8, 4) is 6.07 Å². The summed E-state index contributed by atoms with van der Waals surface area (Å²) in [6, 6.07) is 2.06. The van der Waals surface area contributed by atoms with E-state index in [-0.39, 0.29) is 11.8 Å². The molecule has 2 atom stereocenters. The van der Waals surface area contributed by atoms with Gasteiger partial charge in [-0.05, 0) is 5.92 Å². The van der Waals surface area contributed by atoms with Gasteiger partial charge >= 0.3 is 5.97 Å². The molecule has 72 valence electrons. The zero-order valence-corrected chi connectivity index (χ0v) is 7.73. The lowest BCUT2D eigenvalue weighted by molar-refractivity contribution is -0.142. The Morgan fingerprint density at radius 3 is 2.85 bits per heavy atom. The second-order valence-electron chi connectivity index (χ2n) is 3.59. The van der Waals surface area contributed by atoms with Crippen LogP contribution < -0.4 is 0 Å². The number of hydrogen-bond donors (Lipinski definition) is 1. The Morgan fingerprint density at radius 2 is 2.38 bits per heavy atom. The van der Waals surface area contributed by atoms with Gasteiger partial charge in [0, 0.05) is 26.1 Å². The molecule has 0 radical (unpaired) electrons. The molecule has 2 unspecified atom stereocenters. The molecular weight excluding hydrogens is 168 g/mol. The lowest BCUT2D eigenvalue weighted by Gasteiger charge is -2.11. The van der Waals surface area contributed by atoms with Crippen molar-refractivity contribution in [2.45, 2.75) is 13.3 Å². The number of nitrogens with zero attached hydrogens (tertiary/aromatic N) is 2. The molecule has 1 aliphatic heterocycles. The Labute approximate surface area is 77.8 Å². The molecule has 1 fully saturated rings. The predicted molar refractivity (Wildman–Crippen MR) is 47.0 cm³/mol. The van der Waals surface area contributed by atoms with Gasteiger partial charge in [0.05, 0.1) is 12.0 Å². The van der Waals surface area contributed by atoms with Crippen LogP contribution in [0.15, 0.2) is 0 Å². The lowest BCUT2D eigenvalue weighted by atomic mass is 9.99. The quantitative estimate of drug-likeness (QED) is 0.692. The number of aliphatic carboxylic acids is 1. The third kappa shape index (κ3) is 2.43. The molecule has 1 rings (SSSR count). The van der Waals surface area contributed by atoms with Gasteiger partial charge in [0.15, 0.2) is 0 Å². The number of carbonyl (C=O) groups is 1. The molecule has 0 aromatic heterocycles. The highest BCUT2D eigenvalue weighted by molar-refractivity contribution is 5.71. The monoisotopic (exact) mass is 182 g/mol. The average molecular weight is 182 g/mol. The first-order valence-electron chi connectivity index (χ1n) is 4.47. The maximum Gasteiger partial charge on any atom is 0.308 e. The molecule has 0 aromatic carbocycles. The Bertz CT molecular complexity index is 234. The molecule has 1 heterocycles. The zero-order chi connectivity index (χ0) is 9.84. The fourth-order valence-corrected chi connectivity index (χ4v) is 1.78. The fraction of sp³-hybridized carbons (Fsp3) is 0.778. The number of carboxylic acids is 1. The van der Waals surface area contributed by atoms with Crippen LogP contribution in [0.3, 0.4) is 0 Å². The van der Waals surface area contributed by atoms with Crippen LogP contribution in [0.25, 0.3) is 0 Å². The van der Waals surface area contributed by atoms with Crippen molar-refractivity contribution in [1.82, 2.24) is 4.90 Å². The van der Waals surface area contributed by atoms with Crippen LogP contribution in [0, 0.1) is 23.2 Å². The molecule has 0 bridgehead atoms. The van der Waals surface area contributed by atoms with E-state index < -0.39 is 5.97 Å². The van der Waals surface area contributed by atoms with E-state index in [1.54, 1.807) is 0 Å². The van der Waals surface area contributed by atoms with Gasteiger partial charge in [0.1, 0.15) is 0 Å². The van der Waals surface area contributed by atoms with Crippen LogP contribution in [-0.4, -0.2) is 35.6 Å². The Kier molecular flexibility index (Phi) is 3.26. The molecule has 4 nitrogen and oxygen atoms in total. The summed E-state index contributed by atoms with van der Waals surface area (Å²) >= 11 is 0.